The van der Waals surface area contributed by atoms with Gasteiger partial charge in [-0.1, -0.05) is 32.9 Å². The van der Waals surface area contributed by atoms with Crippen LogP contribution in [0.15, 0.2) is 46.0 Å². The second-order valence-corrected chi connectivity index (χ2v) is 8.82. The van der Waals surface area contributed by atoms with Crippen LogP contribution in [0.2, 0.25) is 0 Å². The van der Waals surface area contributed by atoms with Crippen LogP contribution >= 0.6 is 11.8 Å². The zero-order valence-electron chi connectivity index (χ0n) is 17.9. The van der Waals surface area contributed by atoms with E-state index >= 15 is 0 Å². The predicted octanol–water partition coefficient (Wildman–Crippen LogP) is 5.25. The smallest absolute Gasteiger partial charge is 0.283 e. The molecule has 4 rings (SSSR count). The van der Waals surface area contributed by atoms with E-state index < -0.39 is 5.91 Å². The third kappa shape index (κ3) is 3.43. The highest BCUT2D eigenvalue weighted by molar-refractivity contribution is 8.26. The third-order valence-electron chi connectivity index (χ3n) is 5.39. The predicted molar refractivity (Wildman–Crippen MR) is 125 cm³/mol. The molecule has 0 fully saturated rings. The molecule has 0 saturated heterocycles. The Hall–Kier alpha value is -2.93. The van der Waals surface area contributed by atoms with Crippen LogP contribution in [0.4, 0.5) is 0 Å². The second-order valence-electron chi connectivity index (χ2n) is 7.78. The molecule has 0 unspecified atom stereocenters. The first-order valence-electron chi connectivity index (χ1n) is 10.1. The molecule has 0 bridgehead atoms. The average molecular weight is 420 g/mol. The number of hydrazone groups is 1. The van der Waals surface area contributed by atoms with Gasteiger partial charge in [-0.2, -0.15) is 15.1 Å². The van der Waals surface area contributed by atoms with E-state index in [0.717, 1.165) is 34.1 Å². The molecule has 1 amide bonds. The van der Waals surface area contributed by atoms with Crippen molar-refractivity contribution in [2.45, 2.75) is 47.0 Å². The Balaban J connectivity index is 1.72. The number of aromatic nitrogens is 1. The van der Waals surface area contributed by atoms with Crippen LogP contribution in [-0.4, -0.2) is 31.5 Å². The lowest BCUT2D eigenvalue weighted by Gasteiger charge is -2.20. The van der Waals surface area contributed by atoms with Crippen LogP contribution in [0.1, 0.15) is 55.6 Å². The van der Waals surface area contributed by atoms with Gasteiger partial charge in [0.05, 0.1) is 5.57 Å². The molecule has 7 heteroatoms. The maximum Gasteiger partial charge on any atom is 0.283 e. The van der Waals surface area contributed by atoms with Gasteiger partial charge in [-0.25, -0.2) is 0 Å². The molecule has 2 aromatic rings. The highest BCUT2D eigenvalue weighted by Gasteiger charge is 2.35. The summed E-state index contributed by atoms with van der Waals surface area (Å²) in [4.78, 5) is 16.8. The van der Waals surface area contributed by atoms with Gasteiger partial charge in [0.25, 0.3) is 5.91 Å². The fourth-order valence-electron chi connectivity index (χ4n) is 3.67. The highest BCUT2D eigenvalue weighted by atomic mass is 32.2. The number of carbonyl (C=O) groups is 1. The van der Waals surface area contributed by atoms with Gasteiger partial charge in [-0.05, 0) is 73.4 Å². The Bertz CT molecular complexity index is 1140. The molecule has 0 aliphatic carbocycles. The van der Waals surface area contributed by atoms with Gasteiger partial charge in [0.15, 0.2) is 5.84 Å². The van der Waals surface area contributed by atoms with Gasteiger partial charge >= 0.3 is 0 Å². The van der Waals surface area contributed by atoms with Crippen LogP contribution in [0, 0.1) is 19.3 Å². The van der Waals surface area contributed by atoms with Crippen molar-refractivity contribution in [3.63, 3.8) is 0 Å². The number of thioether (sulfide) groups is 1. The number of amidine groups is 2. The third-order valence-corrected chi connectivity index (χ3v) is 6.44. The molecule has 1 N–H and O–H groups in total. The number of fused-ring (bicyclic) bond motifs is 1. The topological polar surface area (TPSA) is 73.8 Å². The summed E-state index contributed by atoms with van der Waals surface area (Å²) in [5.41, 5.74) is 5.63. The largest absolute Gasteiger partial charge is 0.318 e. The second kappa shape index (κ2) is 7.72. The van der Waals surface area contributed by atoms with Crippen molar-refractivity contribution < 1.29 is 4.79 Å². The van der Waals surface area contributed by atoms with E-state index in [-0.39, 0.29) is 11.4 Å². The van der Waals surface area contributed by atoms with E-state index in [2.05, 4.69) is 52.8 Å². The van der Waals surface area contributed by atoms with Crippen LogP contribution in [0.5, 0.6) is 0 Å². The lowest BCUT2D eigenvalue weighted by atomic mass is 10.0. The van der Waals surface area contributed by atoms with Crippen molar-refractivity contribution >= 4 is 39.8 Å². The minimum absolute atomic E-state index is 0.0760. The van der Waals surface area contributed by atoms with Crippen molar-refractivity contribution in [3.8, 4) is 5.69 Å². The van der Waals surface area contributed by atoms with E-state index in [1.54, 1.807) is 6.08 Å². The van der Waals surface area contributed by atoms with Gasteiger partial charge in [-0.3, -0.25) is 10.2 Å². The number of aryl methyl sites for hydroxylation is 1. The molecular formula is C23H25N5OS. The van der Waals surface area contributed by atoms with Gasteiger partial charge in [0.2, 0.25) is 5.17 Å². The first-order chi connectivity index (χ1) is 14.3. The molecule has 1 aromatic carbocycles. The molecule has 1 aromatic heterocycles. The number of hydrogen-bond donors (Lipinski definition) is 1. The van der Waals surface area contributed by atoms with E-state index in [0.29, 0.717) is 11.1 Å². The van der Waals surface area contributed by atoms with Crippen molar-refractivity contribution in [2.75, 3.05) is 0 Å². The van der Waals surface area contributed by atoms with Crippen molar-refractivity contribution in [2.24, 2.45) is 10.1 Å². The first-order valence-corrected chi connectivity index (χ1v) is 10.9. The van der Waals surface area contributed by atoms with E-state index in [1.165, 1.54) is 22.3 Å². The summed E-state index contributed by atoms with van der Waals surface area (Å²) in [6.45, 7) is 10.4. The quantitative estimate of drug-likeness (QED) is 0.688. The summed E-state index contributed by atoms with van der Waals surface area (Å²) < 4.78 is 2.17. The molecule has 0 atom stereocenters. The molecule has 3 heterocycles. The molecule has 154 valence electrons. The summed E-state index contributed by atoms with van der Waals surface area (Å²) in [6.07, 6.45) is 2.51. The number of amides is 1. The summed E-state index contributed by atoms with van der Waals surface area (Å²) in [5.74, 6) is 0.170. The van der Waals surface area contributed by atoms with Gasteiger partial charge in [0, 0.05) is 17.1 Å². The molecule has 0 saturated carbocycles. The molecular weight excluding hydrogens is 394 g/mol. The number of hydrogen-bond acceptors (Lipinski definition) is 4. The number of rotatable bonds is 4. The highest BCUT2D eigenvalue weighted by Crippen LogP contribution is 2.30. The monoisotopic (exact) mass is 419 g/mol. The Kier molecular flexibility index (Phi) is 5.24. The number of benzene rings is 1. The first kappa shape index (κ1) is 20.3. The fourth-order valence-corrected chi connectivity index (χ4v) is 4.49. The van der Waals surface area contributed by atoms with Crippen molar-refractivity contribution in [1.82, 2.24) is 9.58 Å². The minimum atomic E-state index is -0.391. The molecule has 30 heavy (non-hydrogen) atoms. The standard InChI is InChI=1S/C23H25N5OS/c1-6-20-26-28-21(24)19(22(29)25-23(28)30-20)12-17-11-14(4)27(15(17)5)18-9-7-16(8-10-18)13(2)3/h7-13,24H,6H2,1-5H3. The molecule has 6 nitrogen and oxygen atoms in total. The maximum absolute atomic E-state index is 12.6. The van der Waals surface area contributed by atoms with Gasteiger partial charge < -0.3 is 4.57 Å². The zero-order chi connectivity index (χ0) is 21.6. The Morgan fingerprint density at radius 3 is 2.53 bits per heavy atom. The van der Waals surface area contributed by atoms with E-state index in [4.69, 9.17) is 5.41 Å². The Labute approximate surface area is 180 Å². The fraction of sp³-hybridized carbons (Fsp3) is 0.304. The Morgan fingerprint density at radius 1 is 1.20 bits per heavy atom. The van der Waals surface area contributed by atoms with Crippen LogP contribution in [0.3, 0.4) is 0 Å². The van der Waals surface area contributed by atoms with E-state index in [9.17, 15) is 4.79 Å². The zero-order valence-corrected chi connectivity index (χ0v) is 18.7. The molecule has 0 spiro atoms. The summed E-state index contributed by atoms with van der Waals surface area (Å²) >= 11 is 1.35. The number of carbonyl (C=O) groups excluding carboxylic acids is 1. The summed E-state index contributed by atoms with van der Waals surface area (Å²) in [6, 6.07) is 10.6. The van der Waals surface area contributed by atoms with Crippen molar-refractivity contribution in [1.29, 1.82) is 5.41 Å². The van der Waals surface area contributed by atoms with Crippen LogP contribution < -0.4 is 0 Å². The normalized spacial score (nSPS) is 17.7. The number of nitrogens with one attached hydrogen (secondary N) is 1. The lowest BCUT2D eigenvalue weighted by Crippen LogP contribution is -2.35. The minimum Gasteiger partial charge on any atom is -0.318 e. The van der Waals surface area contributed by atoms with E-state index in [1.807, 2.05) is 26.8 Å². The Morgan fingerprint density at radius 2 is 1.90 bits per heavy atom. The molecule has 2 aliphatic heterocycles. The van der Waals surface area contributed by atoms with Gasteiger partial charge in [0.1, 0.15) is 5.04 Å². The summed E-state index contributed by atoms with van der Waals surface area (Å²) in [7, 11) is 0. The van der Waals surface area contributed by atoms with Crippen molar-refractivity contribution in [3.05, 3.63) is 58.4 Å². The SMILES string of the molecule is CCC1=NN2C(=N)C(=Cc3cc(C)n(-c4ccc(C(C)C)cc4)c3C)C(=O)N=C2S1. The lowest BCUT2D eigenvalue weighted by molar-refractivity contribution is -0.114. The average Bonchev–Trinajstić information content (AvgIpc) is 3.25. The number of nitrogens with zero attached hydrogens (tertiary/aromatic N) is 4. The molecule has 0 radical (unpaired) electrons. The summed E-state index contributed by atoms with van der Waals surface area (Å²) in [5, 5.41) is 15.7. The number of aliphatic imine (C=N–C) groups is 1. The van der Waals surface area contributed by atoms with Gasteiger partial charge in [-0.15, -0.1) is 0 Å². The molecule has 2 aliphatic rings. The maximum atomic E-state index is 12.6. The van der Waals surface area contributed by atoms with Crippen LogP contribution in [-0.2, 0) is 4.79 Å². The van der Waals surface area contributed by atoms with Crippen LogP contribution in [0.25, 0.3) is 11.8 Å².